The number of carbonyl (C=O) groups excluding carboxylic acids is 2. The van der Waals surface area contributed by atoms with Gasteiger partial charge in [0.1, 0.15) is 11.3 Å². The summed E-state index contributed by atoms with van der Waals surface area (Å²) in [4.78, 5) is 40.3. The number of rotatable bonds is 3. The highest BCUT2D eigenvalue weighted by Gasteiger charge is 2.35. The van der Waals surface area contributed by atoms with Gasteiger partial charge in [-0.05, 0) is 42.8 Å². The first-order valence-corrected chi connectivity index (χ1v) is 9.17. The molecule has 2 N–H and O–H groups in total. The van der Waals surface area contributed by atoms with Crippen molar-refractivity contribution in [2.45, 2.75) is 6.92 Å². The zero-order valence-corrected chi connectivity index (χ0v) is 16.0. The van der Waals surface area contributed by atoms with Crippen LogP contribution in [0.25, 0.3) is 11.6 Å². The van der Waals surface area contributed by atoms with Gasteiger partial charge in [-0.25, -0.2) is 0 Å². The third kappa shape index (κ3) is 3.06. The molecule has 2 aromatic carbocycles. The number of ketones is 1. The summed E-state index contributed by atoms with van der Waals surface area (Å²) in [5.74, 6) is -0.214. The van der Waals surface area contributed by atoms with Crippen molar-refractivity contribution in [2.24, 2.45) is 0 Å². The van der Waals surface area contributed by atoms with Crippen LogP contribution in [-0.2, 0) is 4.79 Å². The highest BCUT2D eigenvalue weighted by molar-refractivity contribution is 6.51. The van der Waals surface area contributed by atoms with Gasteiger partial charge in [0.15, 0.2) is 0 Å². The van der Waals surface area contributed by atoms with Crippen LogP contribution in [0.3, 0.4) is 0 Å². The van der Waals surface area contributed by atoms with Crippen molar-refractivity contribution in [3.05, 3.63) is 80.6 Å². The van der Waals surface area contributed by atoms with Gasteiger partial charge < -0.3 is 9.64 Å². The lowest BCUT2D eigenvalue weighted by atomic mass is 9.94. The Morgan fingerprint density at radius 2 is 1.83 bits per heavy atom. The van der Waals surface area contributed by atoms with E-state index in [2.05, 4.69) is 10.2 Å². The Labute approximate surface area is 165 Å². The van der Waals surface area contributed by atoms with E-state index in [0.717, 1.165) is 0 Å². The number of fused-ring (bicyclic) bond motifs is 1. The minimum absolute atomic E-state index is 0.0574. The molecule has 0 unspecified atom stereocenters. The van der Waals surface area contributed by atoms with Gasteiger partial charge in [0.25, 0.3) is 11.5 Å². The summed E-state index contributed by atoms with van der Waals surface area (Å²) in [5.41, 5.74) is 1.24. The molecule has 7 nitrogen and oxygen atoms in total. The second kappa shape index (κ2) is 7.27. The molecule has 1 aliphatic rings. The summed E-state index contributed by atoms with van der Waals surface area (Å²) in [7, 11) is 1.56. The topological polar surface area (TPSA) is 95.3 Å². The molecule has 0 aliphatic carbocycles. The number of hydrogen-bond acceptors (Lipinski definition) is 4. The Bertz CT molecular complexity index is 1300. The third-order valence-electron chi connectivity index (χ3n) is 4.91. The molecule has 0 saturated heterocycles. The number of carbonyl (C=O) groups is 2. The standard InChI is InChI=1S/C22H19N3O4/c1-3-25-17-10-5-4-9-15(17)20(26)18(22(25)28)19-16(21(27)24-23-19)12-13-7-6-8-14(11-13)29-2/h4-12,23H,3H2,1-2H3,(H,24,27)/b16-12+,19-18+. The van der Waals surface area contributed by atoms with Gasteiger partial charge in [0, 0.05) is 12.1 Å². The van der Waals surface area contributed by atoms with Crippen LogP contribution in [0.4, 0.5) is 5.69 Å². The van der Waals surface area contributed by atoms with Crippen molar-refractivity contribution in [1.29, 1.82) is 0 Å². The lowest BCUT2D eigenvalue weighted by molar-refractivity contribution is -0.113. The van der Waals surface area contributed by atoms with Gasteiger partial charge in [-0.3, -0.25) is 24.6 Å². The van der Waals surface area contributed by atoms with E-state index in [4.69, 9.17) is 4.74 Å². The van der Waals surface area contributed by atoms with Crippen LogP contribution in [0.1, 0.15) is 22.8 Å². The zero-order chi connectivity index (χ0) is 20.5. The molecule has 1 aliphatic heterocycles. The Hall–Kier alpha value is -3.87. The minimum Gasteiger partial charge on any atom is -0.497 e. The fraction of sp³-hybridized carbons (Fsp3) is 0.136. The molecule has 0 fully saturated rings. The van der Waals surface area contributed by atoms with Gasteiger partial charge >= 0.3 is 0 Å². The van der Waals surface area contributed by atoms with Crippen LogP contribution in [0.5, 0.6) is 5.75 Å². The highest BCUT2D eigenvalue weighted by atomic mass is 16.5. The maximum atomic E-state index is 13.1. The Morgan fingerprint density at radius 3 is 2.59 bits per heavy atom. The minimum atomic E-state index is -0.438. The van der Waals surface area contributed by atoms with E-state index in [0.29, 0.717) is 29.1 Å². The van der Waals surface area contributed by atoms with Crippen LogP contribution in [0.2, 0.25) is 0 Å². The van der Waals surface area contributed by atoms with Crippen molar-refractivity contribution in [3.63, 3.8) is 0 Å². The first kappa shape index (κ1) is 18.5. The molecule has 1 aromatic heterocycles. The molecule has 3 aromatic rings. The molecular weight excluding hydrogens is 370 g/mol. The largest absolute Gasteiger partial charge is 0.497 e. The van der Waals surface area contributed by atoms with Crippen LogP contribution < -0.4 is 25.8 Å². The number of aromatic nitrogens is 2. The van der Waals surface area contributed by atoms with Gasteiger partial charge in [0.2, 0.25) is 5.78 Å². The monoisotopic (exact) mass is 389 g/mol. The molecule has 0 radical (unpaired) electrons. The Balaban J connectivity index is 2.02. The van der Waals surface area contributed by atoms with Gasteiger partial charge in [-0.15, -0.1) is 0 Å². The molecule has 4 rings (SSSR count). The summed E-state index contributed by atoms with van der Waals surface area (Å²) in [6.45, 7) is 2.24. The first-order chi connectivity index (χ1) is 14.0. The quantitative estimate of drug-likeness (QED) is 0.697. The summed E-state index contributed by atoms with van der Waals surface area (Å²) in [6, 6.07) is 14.1. The summed E-state index contributed by atoms with van der Waals surface area (Å²) < 4.78 is 5.22. The second-order valence-electron chi connectivity index (χ2n) is 6.56. The fourth-order valence-electron chi connectivity index (χ4n) is 3.51. The fourth-order valence-corrected chi connectivity index (χ4v) is 3.51. The Kier molecular flexibility index (Phi) is 4.64. The van der Waals surface area contributed by atoms with Crippen molar-refractivity contribution in [2.75, 3.05) is 18.6 Å². The first-order valence-electron chi connectivity index (χ1n) is 9.17. The number of nitrogens with one attached hydrogen (secondary N) is 2. The number of H-pyrrole nitrogens is 2. The van der Waals surface area contributed by atoms with Gasteiger partial charge in [-0.2, -0.15) is 0 Å². The SMILES string of the molecule is CCN1C(=O)/C(=c2/[nH][nH]c(=O)/c2=C/c2cccc(OC)c2)C(=O)c2ccccc21. The second-order valence-corrected chi connectivity index (χ2v) is 6.56. The van der Waals surface area contributed by atoms with Crippen molar-refractivity contribution >= 4 is 29.0 Å². The van der Waals surface area contributed by atoms with Crippen LogP contribution in [-0.4, -0.2) is 35.5 Å². The van der Waals surface area contributed by atoms with E-state index < -0.39 is 17.2 Å². The average molecular weight is 389 g/mol. The normalized spacial score (nSPS) is 16.2. The molecule has 0 bridgehead atoms. The molecule has 0 spiro atoms. The molecule has 1 amide bonds. The lowest BCUT2D eigenvalue weighted by Crippen LogP contribution is -2.45. The molecule has 2 heterocycles. The number of benzene rings is 2. The van der Waals surface area contributed by atoms with Crippen LogP contribution >= 0.6 is 0 Å². The maximum absolute atomic E-state index is 13.1. The van der Waals surface area contributed by atoms with E-state index in [1.54, 1.807) is 55.7 Å². The smallest absolute Gasteiger partial charge is 0.271 e. The van der Waals surface area contributed by atoms with Gasteiger partial charge in [-0.1, -0.05) is 24.3 Å². The Morgan fingerprint density at radius 1 is 1.03 bits per heavy atom. The van der Waals surface area contributed by atoms with Crippen molar-refractivity contribution in [1.82, 2.24) is 10.2 Å². The number of para-hydroxylation sites is 1. The molecule has 0 saturated carbocycles. The molecule has 0 atom stereocenters. The van der Waals surface area contributed by atoms with Gasteiger partial charge in [0.05, 0.1) is 23.4 Å². The number of aromatic amines is 2. The molecule has 7 heteroatoms. The number of ether oxygens (including phenoxy) is 1. The van der Waals surface area contributed by atoms with Crippen LogP contribution in [0, 0.1) is 0 Å². The summed E-state index contributed by atoms with van der Waals surface area (Å²) in [5, 5.41) is 5.61. The molecule has 29 heavy (non-hydrogen) atoms. The van der Waals surface area contributed by atoms with Crippen LogP contribution in [0.15, 0.2) is 53.3 Å². The predicted octanol–water partition coefficient (Wildman–Crippen LogP) is 0.941. The number of Topliss-reactive ketones (excluding diaryl/α,β-unsaturated/α-hetero) is 1. The average Bonchev–Trinajstić information content (AvgIpc) is 3.09. The summed E-state index contributed by atoms with van der Waals surface area (Å²) in [6.07, 6.45) is 1.62. The zero-order valence-electron chi connectivity index (χ0n) is 16.0. The summed E-state index contributed by atoms with van der Waals surface area (Å²) >= 11 is 0. The maximum Gasteiger partial charge on any atom is 0.271 e. The van der Waals surface area contributed by atoms with E-state index in [9.17, 15) is 14.4 Å². The third-order valence-corrected chi connectivity index (χ3v) is 4.91. The highest BCUT2D eigenvalue weighted by Crippen LogP contribution is 2.29. The number of amides is 1. The molecular formula is C22H19N3O4. The predicted molar refractivity (Wildman–Crippen MR) is 109 cm³/mol. The van der Waals surface area contributed by atoms with Crippen molar-refractivity contribution in [3.8, 4) is 5.75 Å². The van der Waals surface area contributed by atoms with E-state index in [-0.39, 0.29) is 16.1 Å². The number of hydrogen-bond donors (Lipinski definition) is 2. The van der Waals surface area contributed by atoms with E-state index in [1.165, 1.54) is 4.90 Å². The molecule has 146 valence electrons. The number of anilines is 1. The van der Waals surface area contributed by atoms with Crippen molar-refractivity contribution < 1.29 is 14.3 Å². The van der Waals surface area contributed by atoms with E-state index in [1.807, 2.05) is 13.0 Å². The van der Waals surface area contributed by atoms with E-state index >= 15 is 0 Å². The number of nitrogens with zero attached hydrogens (tertiary/aromatic N) is 1. The lowest BCUT2D eigenvalue weighted by Gasteiger charge is -2.28. The number of methoxy groups -OCH3 is 1.